The Morgan fingerprint density at radius 2 is 1.96 bits per heavy atom. The van der Waals surface area contributed by atoms with E-state index in [1.54, 1.807) is 9.80 Å². The molecule has 1 aliphatic heterocycles. The number of piperazine rings is 1. The second kappa shape index (κ2) is 5.53. The second-order valence-electron chi connectivity index (χ2n) is 6.09. The lowest BCUT2D eigenvalue weighted by Gasteiger charge is -2.34. The number of H-pyrrole nitrogens is 1. The number of hydrogen-bond donors (Lipinski definition) is 1. The first-order valence-electron chi connectivity index (χ1n) is 7.92. The van der Waals surface area contributed by atoms with Gasteiger partial charge in [0, 0.05) is 30.4 Å². The molecule has 1 aromatic heterocycles. The molecule has 0 atom stereocenters. The van der Waals surface area contributed by atoms with Gasteiger partial charge in [-0.3, -0.25) is 14.7 Å². The number of benzene rings is 1. The highest BCUT2D eigenvalue weighted by Gasteiger charge is 2.31. The number of nitrogens with one attached hydrogen (secondary N) is 1. The van der Waals surface area contributed by atoms with Crippen LogP contribution >= 0.6 is 0 Å². The fourth-order valence-electron chi connectivity index (χ4n) is 2.94. The number of rotatable bonds is 3. The lowest BCUT2D eigenvalue weighted by Crippen LogP contribution is -2.52. The van der Waals surface area contributed by atoms with Crippen molar-refractivity contribution in [2.45, 2.75) is 18.8 Å². The molecule has 1 aliphatic carbocycles. The summed E-state index contributed by atoms with van der Waals surface area (Å²) >= 11 is 0. The molecule has 1 aromatic carbocycles. The molecule has 2 heterocycles. The van der Waals surface area contributed by atoms with Crippen molar-refractivity contribution in [2.75, 3.05) is 24.5 Å². The monoisotopic (exact) mass is 310 g/mol. The second-order valence-corrected chi connectivity index (χ2v) is 6.09. The van der Waals surface area contributed by atoms with Crippen molar-refractivity contribution >= 4 is 17.5 Å². The quantitative estimate of drug-likeness (QED) is 0.939. The molecule has 6 nitrogen and oxygen atoms in total. The lowest BCUT2D eigenvalue weighted by molar-refractivity contribution is -0.120. The van der Waals surface area contributed by atoms with Gasteiger partial charge in [0.15, 0.2) is 0 Å². The Morgan fingerprint density at radius 3 is 2.65 bits per heavy atom. The van der Waals surface area contributed by atoms with Gasteiger partial charge in [0.05, 0.1) is 0 Å². The molecule has 1 N–H and O–H groups in total. The van der Waals surface area contributed by atoms with E-state index in [4.69, 9.17) is 0 Å². The third-order valence-electron chi connectivity index (χ3n) is 4.41. The van der Waals surface area contributed by atoms with E-state index in [-0.39, 0.29) is 18.4 Å². The van der Waals surface area contributed by atoms with Crippen LogP contribution in [-0.4, -0.2) is 46.5 Å². The predicted octanol–water partition coefficient (Wildman–Crippen LogP) is 1.78. The third kappa shape index (κ3) is 2.72. The predicted molar refractivity (Wildman–Crippen MR) is 85.3 cm³/mol. The normalized spacial score (nSPS) is 18.3. The first-order chi connectivity index (χ1) is 11.2. The van der Waals surface area contributed by atoms with Crippen molar-refractivity contribution in [2.24, 2.45) is 0 Å². The average Bonchev–Trinajstić information content (AvgIpc) is 3.32. The summed E-state index contributed by atoms with van der Waals surface area (Å²) < 4.78 is 0. The molecule has 1 saturated heterocycles. The van der Waals surface area contributed by atoms with Gasteiger partial charge in [-0.1, -0.05) is 18.2 Å². The Morgan fingerprint density at radius 1 is 1.17 bits per heavy atom. The van der Waals surface area contributed by atoms with E-state index in [1.807, 2.05) is 36.4 Å². The van der Waals surface area contributed by atoms with Gasteiger partial charge in [-0.25, -0.2) is 0 Å². The molecular weight excluding hydrogens is 292 g/mol. The van der Waals surface area contributed by atoms with Crippen LogP contribution in [0.1, 0.15) is 34.9 Å². The van der Waals surface area contributed by atoms with Crippen LogP contribution < -0.4 is 4.90 Å². The summed E-state index contributed by atoms with van der Waals surface area (Å²) in [5.74, 6) is 0.295. The van der Waals surface area contributed by atoms with Crippen molar-refractivity contribution in [1.29, 1.82) is 0 Å². The fourth-order valence-corrected chi connectivity index (χ4v) is 2.94. The van der Waals surface area contributed by atoms with Gasteiger partial charge in [0.2, 0.25) is 5.91 Å². The maximum atomic E-state index is 12.5. The summed E-state index contributed by atoms with van der Waals surface area (Å²) in [5.41, 5.74) is 2.32. The summed E-state index contributed by atoms with van der Waals surface area (Å²) in [5, 5.41) is 7.05. The summed E-state index contributed by atoms with van der Waals surface area (Å²) in [7, 11) is 0. The minimum Gasteiger partial charge on any atom is -0.326 e. The standard InChI is InChI=1S/C17H18N4O2/c22-16-11-20(8-9-21(16)13-4-2-1-3-5-13)17(23)15-10-14(18-19-15)12-6-7-12/h1-5,10,12H,6-9,11H2,(H,18,19). The average molecular weight is 310 g/mol. The number of anilines is 1. The topological polar surface area (TPSA) is 69.3 Å². The molecule has 4 rings (SSSR count). The summed E-state index contributed by atoms with van der Waals surface area (Å²) in [6.07, 6.45) is 2.31. The molecule has 0 spiro atoms. The van der Waals surface area contributed by atoms with Crippen molar-refractivity contribution in [3.05, 3.63) is 47.8 Å². The van der Waals surface area contributed by atoms with Gasteiger partial charge in [0.1, 0.15) is 12.2 Å². The van der Waals surface area contributed by atoms with Crippen LogP contribution in [-0.2, 0) is 4.79 Å². The molecule has 2 aliphatic rings. The number of nitrogens with zero attached hydrogens (tertiary/aromatic N) is 3. The highest BCUT2D eigenvalue weighted by Crippen LogP contribution is 2.39. The molecule has 118 valence electrons. The van der Waals surface area contributed by atoms with E-state index < -0.39 is 0 Å². The molecular formula is C17H18N4O2. The molecule has 2 fully saturated rings. The van der Waals surface area contributed by atoms with Crippen LogP contribution in [0.4, 0.5) is 5.69 Å². The fraction of sp³-hybridized carbons (Fsp3) is 0.353. The van der Waals surface area contributed by atoms with E-state index in [2.05, 4.69) is 10.2 Å². The maximum Gasteiger partial charge on any atom is 0.274 e. The maximum absolute atomic E-state index is 12.5. The smallest absolute Gasteiger partial charge is 0.274 e. The van der Waals surface area contributed by atoms with Gasteiger partial charge < -0.3 is 9.80 Å². The Hall–Kier alpha value is -2.63. The highest BCUT2D eigenvalue weighted by molar-refractivity contribution is 6.01. The Labute approximate surface area is 134 Å². The number of carbonyl (C=O) groups excluding carboxylic acids is 2. The van der Waals surface area contributed by atoms with Gasteiger partial charge in [-0.2, -0.15) is 5.10 Å². The first-order valence-corrected chi connectivity index (χ1v) is 7.92. The number of carbonyl (C=O) groups is 2. The SMILES string of the molecule is O=C(c1cc(C2CC2)[nH]n1)N1CCN(c2ccccc2)C(=O)C1. The van der Waals surface area contributed by atoms with Crippen molar-refractivity contribution in [3.8, 4) is 0 Å². The zero-order valence-corrected chi connectivity index (χ0v) is 12.7. The van der Waals surface area contributed by atoms with Crippen LogP contribution in [0, 0.1) is 0 Å². The third-order valence-corrected chi connectivity index (χ3v) is 4.41. The number of hydrogen-bond acceptors (Lipinski definition) is 3. The van der Waals surface area contributed by atoms with E-state index in [0.717, 1.165) is 24.2 Å². The Bertz CT molecular complexity index is 736. The molecule has 0 unspecified atom stereocenters. The Balaban J connectivity index is 1.45. The molecule has 6 heteroatoms. The molecule has 2 amide bonds. The van der Waals surface area contributed by atoms with Crippen molar-refractivity contribution in [3.63, 3.8) is 0 Å². The number of amides is 2. The number of para-hydroxylation sites is 1. The van der Waals surface area contributed by atoms with Gasteiger partial charge >= 0.3 is 0 Å². The zero-order valence-electron chi connectivity index (χ0n) is 12.7. The van der Waals surface area contributed by atoms with E-state index in [1.165, 1.54) is 0 Å². The molecule has 0 radical (unpaired) electrons. The van der Waals surface area contributed by atoms with Crippen LogP contribution in [0.5, 0.6) is 0 Å². The minimum atomic E-state index is -0.172. The summed E-state index contributed by atoms with van der Waals surface area (Å²) in [6, 6.07) is 11.4. The summed E-state index contributed by atoms with van der Waals surface area (Å²) in [4.78, 5) is 28.2. The molecule has 1 saturated carbocycles. The van der Waals surface area contributed by atoms with Gasteiger partial charge in [-0.15, -0.1) is 0 Å². The summed E-state index contributed by atoms with van der Waals surface area (Å²) in [6.45, 7) is 1.12. The largest absolute Gasteiger partial charge is 0.326 e. The van der Waals surface area contributed by atoms with Gasteiger partial charge in [0.25, 0.3) is 5.91 Å². The van der Waals surface area contributed by atoms with E-state index in [9.17, 15) is 9.59 Å². The molecule has 0 bridgehead atoms. The van der Waals surface area contributed by atoms with Gasteiger partial charge in [-0.05, 0) is 31.0 Å². The minimum absolute atomic E-state index is 0.0613. The molecule has 2 aromatic rings. The Kier molecular flexibility index (Phi) is 3.37. The van der Waals surface area contributed by atoms with E-state index in [0.29, 0.717) is 24.7 Å². The zero-order chi connectivity index (χ0) is 15.8. The van der Waals surface area contributed by atoms with Crippen LogP contribution in [0.2, 0.25) is 0 Å². The lowest BCUT2D eigenvalue weighted by atomic mass is 10.2. The van der Waals surface area contributed by atoms with Crippen LogP contribution in [0.3, 0.4) is 0 Å². The van der Waals surface area contributed by atoms with Crippen molar-refractivity contribution in [1.82, 2.24) is 15.1 Å². The van der Waals surface area contributed by atoms with E-state index >= 15 is 0 Å². The molecule has 23 heavy (non-hydrogen) atoms. The van der Waals surface area contributed by atoms with Crippen LogP contribution in [0.25, 0.3) is 0 Å². The number of aromatic nitrogens is 2. The first kappa shape index (κ1) is 14.0. The highest BCUT2D eigenvalue weighted by atomic mass is 16.2. The van der Waals surface area contributed by atoms with Crippen molar-refractivity contribution < 1.29 is 9.59 Å². The van der Waals surface area contributed by atoms with Crippen LogP contribution in [0.15, 0.2) is 36.4 Å². The number of aromatic amines is 1.